The summed E-state index contributed by atoms with van der Waals surface area (Å²) in [7, 11) is 0. The highest BCUT2D eigenvalue weighted by molar-refractivity contribution is 5.75. The average Bonchev–Trinajstić information content (AvgIpc) is 2.32. The van der Waals surface area contributed by atoms with Crippen molar-refractivity contribution in [2.75, 3.05) is 13.2 Å². The maximum atomic E-state index is 11.3. The number of ether oxygens (including phenoxy) is 2. The molecule has 5 nitrogen and oxygen atoms in total. The van der Waals surface area contributed by atoms with Crippen LogP contribution in [0, 0.1) is 0 Å². The van der Waals surface area contributed by atoms with Crippen LogP contribution in [-0.4, -0.2) is 30.2 Å². The average molecular weight is 238 g/mol. The van der Waals surface area contributed by atoms with Gasteiger partial charge in [-0.15, -0.1) is 0 Å². The standard InChI is InChI=1S/C12H18N2O3/c1-3-16-11-6-5-9(8-14-11)7-10(13)12(15)17-4-2/h5-6,8,10H,3-4,7,13H2,1-2H3/t10-/m0/s1. The van der Waals surface area contributed by atoms with Gasteiger partial charge in [-0.3, -0.25) is 4.79 Å². The molecule has 0 aliphatic rings. The minimum atomic E-state index is -0.644. The lowest BCUT2D eigenvalue weighted by Gasteiger charge is -2.10. The van der Waals surface area contributed by atoms with Crippen LogP contribution < -0.4 is 10.5 Å². The van der Waals surface area contributed by atoms with Crippen molar-refractivity contribution in [3.05, 3.63) is 23.9 Å². The molecule has 1 atom stereocenters. The number of carbonyl (C=O) groups excluding carboxylic acids is 1. The first-order chi connectivity index (χ1) is 8.17. The Balaban J connectivity index is 2.53. The number of nitrogens with zero attached hydrogens (tertiary/aromatic N) is 1. The lowest BCUT2D eigenvalue weighted by Crippen LogP contribution is -2.34. The largest absolute Gasteiger partial charge is 0.478 e. The predicted octanol–water partition coefficient (Wildman–Crippen LogP) is 0.913. The van der Waals surface area contributed by atoms with Gasteiger partial charge >= 0.3 is 5.97 Å². The minimum absolute atomic E-state index is 0.341. The Morgan fingerprint density at radius 1 is 1.41 bits per heavy atom. The second-order valence-electron chi connectivity index (χ2n) is 3.50. The normalized spacial score (nSPS) is 11.9. The Labute approximate surface area is 101 Å². The lowest BCUT2D eigenvalue weighted by molar-refractivity contribution is -0.144. The highest BCUT2D eigenvalue weighted by Gasteiger charge is 2.15. The fourth-order valence-electron chi connectivity index (χ4n) is 1.35. The van der Waals surface area contributed by atoms with Crippen LogP contribution in [-0.2, 0) is 16.0 Å². The van der Waals surface area contributed by atoms with Gasteiger partial charge in [0.1, 0.15) is 6.04 Å². The number of hydrogen-bond donors (Lipinski definition) is 1. The van der Waals surface area contributed by atoms with Crippen LogP contribution in [0.2, 0.25) is 0 Å². The molecule has 0 amide bonds. The lowest BCUT2D eigenvalue weighted by atomic mass is 10.1. The Hall–Kier alpha value is -1.62. The number of pyridine rings is 1. The van der Waals surface area contributed by atoms with E-state index in [4.69, 9.17) is 15.2 Å². The molecule has 1 aromatic heterocycles. The Morgan fingerprint density at radius 2 is 2.18 bits per heavy atom. The van der Waals surface area contributed by atoms with Gasteiger partial charge < -0.3 is 15.2 Å². The second-order valence-corrected chi connectivity index (χ2v) is 3.50. The summed E-state index contributed by atoms with van der Waals surface area (Å²) in [6, 6.07) is 2.96. The summed E-state index contributed by atoms with van der Waals surface area (Å²) in [5.41, 5.74) is 6.58. The van der Waals surface area contributed by atoms with Crippen LogP contribution >= 0.6 is 0 Å². The molecule has 0 aromatic carbocycles. The van der Waals surface area contributed by atoms with Gasteiger partial charge in [0.25, 0.3) is 0 Å². The van der Waals surface area contributed by atoms with Crippen molar-refractivity contribution in [3.8, 4) is 5.88 Å². The molecule has 1 heterocycles. The number of nitrogens with two attached hydrogens (primary N) is 1. The Morgan fingerprint density at radius 3 is 2.71 bits per heavy atom. The molecule has 0 saturated heterocycles. The molecule has 1 rings (SSSR count). The van der Waals surface area contributed by atoms with Crippen LogP contribution in [0.4, 0.5) is 0 Å². The molecule has 94 valence electrons. The first-order valence-electron chi connectivity index (χ1n) is 5.67. The van der Waals surface area contributed by atoms with E-state index in [9.17, 15) is 4.79 Å². The van der Waals surface area contributed by atoms with Crippen LogP contribution in [0.25, 0.3) is 0 Å². The summed E-state index contributed by atoms with van der Waals surface area (Å²) in [6.07, 6.45) is 2.07. The van der Waals surface area contributed by atoms with Crippen LogP contribution in [0.3, 0.4) is 0 Å². The van der Waals surface area contributed by atoms with E-state index in [1.165, 1.54) is 0 Å². The smallest absolute Gasteiger partial charge is 0.323 e. The summed E-state index contributed by atoms with van der Waals surface area (Å²) in [6.45, 7) is 4.57. The summed E-state index contributed by atoms with van der Waals surface area (Å²) >= 11 is 0. The van der Waals surface area contributed by atoms with E-state index in [1.54, 1.807) is 19.2 Å². The van der Waals surface area contributed by atoms with Crippen molar-refractivity contribution in [2.45, 2.75) is 26.3 Å². The molecule has 17 heavy (non-hydrogen) atoms. The maximum Gasteiger partial charge on any atom is 0.323 e. The van der Waals surface area contributed by atoms with Gasteiger partial charge in [-0.05, 0) is 25.8 Å². The highest BCUT2D eigenvalue weighted by Crippen LogP contribution is 2.09. The van der Waals surface area contributed by atoms with E-state index in [0.29, 0.717) is 25.5 Å². The molecule has 2 N–H and O–H groups in total. The quantitative estimate of drug-likeness (QED) is 0.746. The fraction of sp³-hybridized carbons (Fsp3) is 0.500. The highest BCUT2D eigenvalue weighted by atomic mass is 16.5. The number of aromatic nitrogens is 1. The van der Waals surface area contributed by atoms with Gasteiger partial charge in [0.2, 0.25) is 5.88 Å². The molecule has 0 aliphatic heterocycles. The Bertz CT molecular complexity index is 351. The van der Waals surface area contributed by atoms with Crippen molar-refractivity contribution >= 4 is 5.97 Å². The van der Waals surface area contributed by atoms with Gasteiger partial charge in [0, 0.05) is 12.3 Å². The van der Waals surface area contributed by atoms with Crippen molar-refractivity contribution < 1.29 is 14.3 Å². The van der Waals surface area contributed by atoms with E-state index in [2.05, 4.69) is 4.98 Å². The zero-order valence-electron chi connectivity index (χ0n) is 10.2. The molecule has 0 radical (unpaired) electrons. The second kappa shape index (κ2) is 6.85. The fourth-order valence-corrected chi connectivity index (χ4v) is 1.35. The predicted molar refractivity (Wildman–Crippen MR) is 63.7 cm³/mol. The van der Waals surface area contributed by atoms with E-state index in [-0.39, 0.29) is 5.97 Å². The zero-order chi connectivity index (χ0) is 12.7. The summed E-state index contributed by atoms with van der Waals surface area (Å²) < 4.78 is 10.0. The van der Waals surface area contributed by atoms with E-state index < -0.39 is 6.04 Å². The van der Waals surface area contributed by atoms with Crippen molar-refractivity contribution in [1.29, 1.82) is 0 Å². The number of esters is 1. The molecule has 0 spiro atoms. The van der Waals surface area contributed by atoms with Gasteiger partial charge in [0.05, 0.1) is 13.2 Å². The van der Waals surface area contributed by atoms with E-state index >= 15 is 0 Å². The summed E-state index contributed by atoms with van der Waals surface area (Å²) in [5.74, 6) is 0.183. The van der Waals surface area contributed by atoms with E-state index in [0.717, 1.165) is 5.56 Å². The van der Waals surface area contributed by atoms with Crippen molar-refractivity contribution in [2.24, 2.45) is 5.73 Å². The molecule has 0 bridgehead atoms. The minimum Gasteiger partial charge on any atom is -0.478 e. The summed E-state index contributed by atoms with van der Waals surface area (Å²) in [5, 5.41) is 0. The third-order valence-corrected chi connectivity index (χ3v) is 2.13. The van der Waals surface area contributed by atoms with E-state index in [1.807, 2.05) is 13.0 Å². The third-order valence-electron chi connectivity index (χ3n) is 2.13. The molecule has 0 saturated carbocycles. The molecule has 0 fully saturated rings. The van der Waals surface area contributed by atoms with Gasteiger partial charge in [-0.2, -0.15) is 0 Å². The van der Waals surface area contributed by atoms with Gasteiger partial charge in [0.15, 0.2) is 0 Å². The van der Waals surface area contributed by atoms with Crippen LogP contribution in [0.5, 0.6) is 5.88 Å². The third kappa shape index (κ3) is 4.40. The summed E-state index contributed by atoms with van der Waals surface area (Å²) in [4.78, 5) is 15.4. The topological polar surface area (TPSA) is 74.4 Å². The molecule has 0 aliphatic carbocycles. The number of rotatable bonds is 6. The first kappa shape index (κ1) is 13.4. The molecular weight excluding hydrogens is 220 g/mol. The maximum absolute atomic E-state index is 11.3. The molecule has 0 unspecified atom stereocenters. The Kier molecular flexibility index (Phi) is 5.42. The number of hydrogen-bond acceptors (Lipinski definition) is 5. The first-order valence-corrected chi connectivity index (χ1v) is 5.67. The van der Waals surface area contributed by atoms with Crippen molar-refractivity contribution in [1.82, 2.24) is 4.98 Å². The van der Waals surface area contributed by atoms with Crippen LogP contribution in [0.1, 0.15) is 19.4 Å². The molecule has 5 heteroatoms. The number of carbonyl (C=O) groups is 1. The monoisotopic (exact) mass is 238 g/mol. The molecular formula is C12H18N2O3. The SMILES string of the molecule is CCOC(=O)[C@@H](N)Cc1ccc(OCC)nc1. The van der Waals surface area contributed by atoms with Crippen molar-refractivity contribution in [3.63, 3.8) is 0 Å². The van der Waals surface area contributed by atoms with Crippen LogP contribution in [0.15, 0.2) is 18.3 Å². The zero-order valence-corrected chi connectivity index (χ0v) is 10.2. The molecule has 1 aromatic rings. The van der Waals surface area contributed by atoms with Gasteiger partial charge in [-0.25, -0.2) is 4.98 Å². The van der Waals surface area contributed by atoms with Gasteiger partial charge in [-0.1, -0.05) is 6.07 Å².